The second-order valence-corrected chi connectivity index (χ2v) is 4.64. The smallest absolute Gasteiger partial charge is 0.238 e. The number of hydrogen-bond acceptors (Lipinski definition) is 4. The first-order chi connectivity index (χ1) is 8.43. The summed E-state index contributed by atoms with van der Waals surface area (Å²) in [7, 11) is 1.77. The predicted molar refractivity (Wildman–Crippen MR) is 73.7 cm³/mol. The number of nitrogen functional groups attached to an aromatic ring is 1. The second-order valence-electron chi connectivity index (χ2n) is 4.23. The number of benzene rings is 1. The van der Waals surface area contributed by atoms with Crippen molar-refractivity contribution in [2.45, 2.75) is 13.0 Å². The minimum Gasteiger partial charge on any atom is -0.399 e. The van der Waals surface area contributed by atoms with Crippen molar-refractivity contribution in [3.05, 3.63) is 23.2 Å². The largest absolute Gasteiger partial charge is 0.399 e. The standard InChI is InChI=1S/C12H18ClN3O2/c1-8(7-17)16(2)6-12(18)15-11-5-9(14)3-4-10(11)13/h3-5,8,17H,6-7,14H2,1-2H3,(H,15,18). The number of anilines is 2. The normalized spacial score (nSPS) is 12.5. The number of aliphatic hydroxyl groups excluding tert-OH is 1. The fourth-order valence-electron chi connectivity index (χ4n) is 1.35. The van der Waals surface area contributed by atoms with Crippen LogP contribution in [0, 0.1) is 0 Å². The Hall–Kier alpha value is -1.30. The van der Waals surface area contributed by atoms with Gasteiger partial charge >= 0.3 is 0 Å². The Morgan fingerprint density at radius 1 is 1.61 bits per heavy atom. The zero-order valence-electron chi connectivity index (χ0n) is 10.5. The molecule has 0 fully saturated rings. The number of nitrogens with two attached hydrogens (primary N) is 1. The van der Waals surface area contributed by atoms with E-state index in [0.717, 1.165) is 0 Å². The summed E-state index contributed by atoms with van der Waals surface area (Å²) in [5.74, 6) is -0.203. The molecule has 0 aliphatic heterocycles. The topological polar surface area (TPSA) is 78.6 Å². The zero-order valence-corrected chi connectivity index (χ0v) is 11.2. The van der Waals surface area contributed by atoms with Gasteiger partial charge in [0, 0.05) is 11.7 Å². The minimum absolute atomic E-state index is 0.00280. The van der Waals surface area contributed by atoms with Gasteiger partial charge < -0.3 is 16.2 Å². The van der Waals surface area contributed by atoms with Crippen molar-refractivity contribution in [1.29, 1.82) is 0 Å². The predicted octanol–water partition coefficient (Wildman–Crippen LogP) is 1.17. The number of carbonyl (C=O) groups is 1. The Balaban J connectivity index is 2.62. The van der Waals surface area contributed by atoms with Gasteiger partial charge in [-0.1, -0.05) is 11.6 Å². The van der Waals surface area contributed by atoms with E-state index in [1.165, 1.54) is 0 Å². The lowest BCUT2D eigenvalue weighted by Gasteiger charge is -2.22. The summed E-state index contributed by atoms with van der Waals surface area (Å²) in [6.45, 7) is 2.01. The first kappa shape index (κ1) is 14.8. The van der Waals surface area contributed by atoms with Crippen LogP contribution in [0.25, 0.3) is 0 Å². The molecule has 0 saturated heterocycles. The molecule has 0 aliphatic rings. The van der Waals surface area contributed by atoms with Crippen molar-refractivity contribution in [2.24, 2.45) is 0 Å². The molecule has 100 valence electrons. The highest BCUT2D eigenvalue weighted by atomic mass is 35.5. The number of nitrogens with one attached hydrogen (secondary N) is 1. The van der Waals surface area contributed by atoms with Crippen LogP contribution in [0.2, 0.25) is 5.02 Å². The maximum Gasteiger partial charge on any atom is 0.238 e. The van der Waals surface area contributed by atoms with Crippen molar-refractivity contribution in [2.75, 3.05) is 31.2 Å². The summed E-state index contributed by atoms with van der Waals surface area (Å²) < 4.78 is 0. The van der Waals surface area contributed by atoms with Gasteiger partial charge in [0.05, 0.1) is 23.9 Å². The molecule has 18 heavy (non-hydrogen) atoms. The Morgan fingerprint density at radius 3 is 2.89 bits per heavy atom. The van der Waals surface area contributed by atoms with Crippen LogP contribution in [-0.2, 0) is 4.79 Å². The van der Waals surface area contributed by atoms with E-state index in [1.54, 1.807) is 30.1 Å². The number of likely N-dealkylation sites (N-methyl/N-ethyl adjacent to an activating group) is 1. The summed E-state index contributed by atoms with van der Waals surface area (Å²) in [4.78, 5) is 13.5. The van der Waals surface area contributed by atoms with Crippen LogP contribution >= 0.6 is 11.6 Å². The van der Waals surface area contributed by atoms with Crippen LogP contribution in [0.15, 0.2) is 18.2 Å². The fraction of sp³-hybridized carbons (Fsp3) is 0.417. The fourth-order valence-corrected chi connectivity index (χ4v) is 1.51. The van der Waals surface area contributed by atoms with Gasteiger partial charge in [-0.25, -0.2) is 0 Å². The summed E-state index contributed by atoms with van der Waals surface area (Å²) in [5, 5.41) is 12.1. The van der Waals surface area contributed by atoms with Gasteiger partial charge in [0.2, 0.25) is 5.91 Å². The molecular weight excluding hydrogens is 254 g/mol. The Bertz CT molecular complexity index is 426. The molecule has 1 atom stereocenters. The van der Waals surface area contributed by atoms with Gasteiger partial charge in [-0.3, -0.25) is 9.69 Å². The van der Waals surface area contributed by atoms with Crippen molar-refractivity contribution in [1.82, 2.24) is 4.90 Å². The molecule has 6 heteroatoms. The van der Waals surface area contributed by atoms with Crippen molar-refractivity contribution < 1.29 is 9.90 Å². The highest BCUT2D eigenvalue weighted by Gasteiger charge is 2.13. The molecule has 1 unspecified atom stereocenters. The Kier molecular flexibility index (Phi) is 5.40. The molecule has 0 radical (unpaired) electrons. The Morgan fingerprint density at radius 2 is 2.28 bits per heavy atom. The van der Waals surface area contributed by atoms with Crippen LogP contribution in [0.5, 0.6) is 0 Å². The van der Waals surface area contributed by atoms with Crippen LogP contribution in [0.4, 0.5) is 11.4 Å². The van der Waals surface area contributed by atoms with Crippen molar-refractivity contribution >= 4 is 28.9 Å². The molecule has 4 N–H and O–H groups in total. The molecule has 0 saturated carbocycles. The molecule has 1 aromatic carbocycles. The first-order valence-corrected chi connectivity index (χ1v) is 5.97. The number of amides is 1. The van der Waals surface area contributed by atoms with Crippen LogP contribution in [-0.4, -0.2) is 42.2 Å². The van der Waals surface area contributed by atoms with E-state index in [0.29, 0.717) is 16.4 Å². The third-order valence-electron chi connectivity index (χ3n) is 2.67. The highest BCUT2D eigenvalue weighted by Crippen LogP contribution is 2.23. The first-order valence-electron chi connectivity index (χ1n) is 5.60. The van der Waals surface area contributed by atoms with E-state index < -0.39 is 0 Å². The van der Waals surface area contributed by atoms with Crippen molar-refractivity contribution in [3.63, 3.8) is 0 Å². The van der Waals surface area contributed by atoms with E-state index >= 15 is 0 Å². The summed E-state index contributed by atoms with van der Waals surface area (Å²) in [5.41, 5.74) is 6.65. The summed E-state index contributed by atoms with van der Waals surface area (Å²) in [6, 6.07) is 4.83. The zero-order chi connectivity index (χ0) is 13.7. The third-order valence-corrected chi connectivity index (χ3v) is 3.00. The molecule has 5 nitrogen and oxygen atoms in total. The van der Waals surface area contributed by atoms with E-state index in [1.807, 2.05) is 6.92 Å². The lowest BCUT2D eigenvalue weighted by Crippen LogP contribution is -2.38. The number of hydrogen-bond donors (Lipinski definition) is 3. The van der Waals surface area contributed by atoms with Crippen LogP contribution in [0.3, 0.4) is 0 Å². The lowest BCUT2D eigenvalue weighted by atomic mass is 10.2. The van der Waals surface area contributed by atoms with E-state index in [-0.39, 0.29) is 25.1 Å². The van der Waals surface area contributed by atoms with Gasteiger partial charge in [0.1, 0.15) is 0 Å². The monoisotopic (exact) mass is 271 g/mol. The molecule has 1 amide bonds. The second kappa shape index (κ2) is 6.58. The molecule has 0 spiro atoms. The number of aliphatic hydroxyl groups is 1. The average molecular weight is 272 g/mol. The molecule has 1 rings (SSSR count). The van der Waals surface area contributed by atoms with Crippen molar-refractivity contribution in [3.8, 4) is 0 Å². The summed E-state index contributed by atoms with van der Waals surface area (Å²) in [6.07, 6.45) is 0. The van der Waals surface area contributed by atoms with Gasteiger partial charge in [-0.2, -0.15) is 0 Å². The molecule has 0 aliphatic carbocycles. The number of rotatable bonds is 5. The van der Waals surface area contributed by atoms with Gasteiger partial charge in [-0.15, -0.1) is 0 Å². The van der Waals surface area contributed by atoms with Crippen LogP contribution in [0.1, 0.15) is 6.92 Å². The van der Waals surface area contributed by atoms with E-state index in [9.17, 15) is 4.79 Å². The maximum absolute atomic E-state index is 11.8. The number of carbonyl (C=O) groups excluding carboxylic acids is 1. The number of halogens is 1. The third kappa shape index (κ3) is 4.18. The van der Waals surface area contributed by atoms with Gasteiger partial charge in [0.15, 0.2) is 0 Å². The van der Waals surface area contributed by atoms with Gasteiger partial charge in [0.25, 0.3) is 0 Å². The molecular formula is C12H18ClN3O2. The number of nitrogens with zero attached hydrogens (tertiary/aromatic N) is 1. The maximum atomic E-state index is 11.8. The molecule has 0 aromatic heterocycles. The minimum atomic E-state index is -0.203. The quantitative estimate of drug-likeness (QED) is 0.703. The van der Waals surface area contributed by atoms with Gasteiger partial charge in [-0.05, 0) is 32.2 Å². The highest BCUT2D eigenvalue weighted by molar-refractivity contribution is 6.33. The van der Waals surface area contributed by atoms with E-state index in [4.69, 9.17) is 22.4 Å². The molecule has 0 heterocycles. The Labute approximate surface area is 112 Å². The van der Waals surface area contributed by atoms with E-state index in [2.05, 4.69) is 5.32 Å². The lowest BCUT2D eigenvalue weighted by molar-refractivity contribution is -0.117. The molecule has 1 aromatic rings. The summed E-state index contributed by atoms with van der Waals surface area (Å²) >= 11 is 5.94. The molecule has 0 bridgehead atoms. The SMILES string of the molecule is CC(CO)N(C)CC(=O)Nc1cc(N)ccc1Cl. The average Bonchev–Trinajstić information content (AvgIpc) is 2.32. The van der Waals surface area contributed by atoms with Crippen LogP contribution < -0.4 is 11.1 Å².